The summed E-state index contributed by atoms with van der Waals surface area (Å²) in [4.78, 5) is 3.74. The minimum Gasteiger partial charge on any atom is -0.416 e. The molecular formula is C14H19F3IN3OSi. The molecule has 0 aromatic carbocycles. The van der Waals surface area contributed by atoms with Gasteiger partial charge in [-0.25, -0.2) is 9.50 Å². The fraction of sp³-hybridized carbons (Fsp3) is 0.571. The summed E-state index contributed by atoms with van der Waals surface area (Å²) in [5, 5.41) is 3.67. The van der Waals surface area contributed by atoms with Crippen LogP contribution in [-0.4, -0.2) is 23.6 Å². The molecule has 0 atom stereocenters. The highest BCUT2D eigenvalue weighted by Gasteiger charge is 2.37. The van der Waals surface area contributed by atoms with E-state index >= 15 is 0 Å². The molecule has 0 radical (unpaired) electrons. The van der Waals surface area contributed by atoms with Gasteiger partial charge in [0.1, 0.15) is 3.70 Å². The quantitative estimate of drug-likeness (QED) is 0.395. The average Bonchev–Trinajstić information content (AvgIpc) is 2.81. The van der Waals surface area contributed by atoms with E-state index in [4.69, 9.17) is 4.43 Å². The zero-order valence-corrected chi connectivity index (χ0v) is 16.9. The molecule has 0 aliphatic carbocycles. The maximum absolute atomic E-state index is 13.0. The minimum absolute atomic E-state index is 0.250. The number of fused-ring (bicyclic) bond motifs is 1. The minimum atomic E-state index is -4.56. The Hall–Kier alpha value is -0.683. The van der Waals surface area contributed by atoms with Crippen LogP contribution in [0.5, 0.6) is 0 Å². The van der Waals surface area contributed by atoms with E-state index in [1.807, 2.05) is 62.5 Å². The monoisotopic (exact) mass is 457 g/mol. The normalized spacial score (nSPS) is 13.3. The number of halogens is 4. The number of nitrogens with zero attached hydrogens (tertiary/aromatic N) is 3. The molecule has 0 saturated heterocycles. The summed E-state index contributed by atoms with van der Waals surface area (Å²) in [6.45, 7) is 10.3. The van der Waals surface area contributed by atoms with Crippen LogP contribution in [0.1, 0.15) is 37.7 Å². The molecule has 0 bridgehead atoms. The zero-order chi connectivity index (χ0) is 17.6. The van der Waals surface area contributed by atoms with E-state index < -0.39 is 21.0 Å². The molecule has 9 heteroatoms. The summed E-state index contributed by atoms with van der Waals surface area (Å²) < 4.78 is 46.6. The molecule has 4 nitrogen and oxygen atoms in total. The van der Waals surface area contributed by atoms with Crippen molar-refractivity contribution >= 4 is 37.3 Å². The molecule has 0 amide bonds. The molecular weight excluding hydrogens is 438 g/mol. The van der Waals surface area contributed by atoms with Gasteiger partial charge in [0, 0.05) is 11.1 Å². The molecule has 2 rings (SSSR count). The molecule has 0 aliphatic rings. The van der Waals surface area contributed by atoms with Crippen LogP contribution in [-0.2, 0) is 22.6 Å². The summed E-state index contributed by atoms with van der Waals surface area (Å²) in [6, 6.07) is 1.89. The Balaban J connectivity index is 2.69. The lowest BCUT2D eigenvalue weighted by molar-refractivity contribution is -0.144. The van der Waals surface area contributed by atoms with E-state index in [0.29, 0.717) is 10.3 Å². The molecule has 0 aliphatic heterocycles. The lowest BCUT2D eigenvalue weighted by atomic mass is 9.87. The number of aromatic nitrogens is 3. The van der Waals surface area contributed by atoms with Crippen molar-refractivity contribution in [2.75, 3.05) is 0 Å². The molecule has 23 heavy (non-hydrogen) atoms. The van der Waals surface area contributed by atoms with Gasteiger partial charge in [0.05, 0.1) is 6.61 Å². The van der Waals surface area contributed by atoms with Crippen LogP contribution < -0.4 is 0 Å². The van der Waals surface area contributed by atoms with Crippen LogP contribution in [0.2, 0.25) is 13.1 Å². The van der Waals surface area contributed by atoms with Gasteiger partial charge in [0.2, 0.25) is 0 Å². The number of pyridine rings is 1. The number of hydrogen-bond acceptors (Lipinski definition) is 3. The standard InChI is InChI=1S/C14H19F3IN3OSi/c1-13(2,3)9-6-8(7-22-23(4)5)10(18)21-11(9)19-12(20-21)14(15,16)17/h6,23H,7H2,1-5H3. The van der Waals surface area contributed by atoms with Crippen molar-refractivity contribution in [2.45, 2.75) is 52.1 Å². The first-order chi connectivity index (χ1) is 10.4. The summed E-state index contributed by atoms with van der Waals surface area (Å²) in [6.07, 6.45) is -4.56. The Morgan fingerprint density at radius 2 is 1.87 bits per heavy atom. The smallest absolute Gasteiger partial charge is 0.416 e. The summed E-state index contributed by atoms with van der Waals surface area (Å²) in [7, 11) is -1.23. The highest BCUT2D eigenvalue weighted by Crippen LogP contribution is 2.33. The van der Waals surface area contributed by atoms with Gasteiger partial charge in [-0.05, 0) is 47.2 Å². The SMILES string of the molecule is C[SiH](C)OCc1cc(C(C)(C)C)c2nc(C(F)(F)F)nn2c1I. The van der Waals surface area contributed by atoms with Gasteiger partial charge in [0.15, 0.2) is 14.7 Å². The first kappa shape index (κ1) is 18.7. The predicted octanol–water partition coefficient (Wildman–Crippen LogP) is 4.15. The fourth-order valence-corrected chi connectivity index (χ4v) is 3.25. The van der Waals surface area contributed by atoms with Crippen molar-refractivity contribution < 1.29 is 17.6 Å². The molecule has 2 aromatic heterocycles. The van der Waals surface area contributed by atoms with Crippen molar-refractivity contribution in [3.63, 3.8) is 0 Å². The van der Waals surface area contributed by atoms with Crippen LogP contribution in [0.15, 0.2) is 6.07 Å². The van der Waals surface area contributed by atoms with E-state index in [0.717, 1.165) is 11.1 Å². The van der Waals surface area contributed by atoms with Crippen molar-refractivity contribution in [2.24, 2.45) is 0 Å². The Bertz CT molecular complexity index is 723. The van der Waals surface area contributed by atoms with Crippen LogP contribution in [0.3, 0.4) is 0 Å². The van der Waals surface area contributed by atoms with E-state index in [9.17, 15) is 13.2 Å². The van der Waals surface area contributed by atoms with Gasteiger partial charge in [-0.2, -0.15) is 13.2 Å². The molecule has 2 aromatic rings. The second-order valence-electron chi connectivity index (χ2n) is 6.65. The van der Waals surface area contributed by atoms with Crippen LogP contribution in [0.25, 0.3) is 5.65 Å². The van der Waals surface area contributed by atoms with Gasteiger partial charge in [-0.1, -0.05) is 20.8 Å². The molecule has 0 unspecified atom stereocenters. The largest absolute Gasteiger partial charge is 0.453 e. The molecule has 2 heterocycles. The molecule has 0 saturated carbocycles. The van der Waals surface area contributed by atoms with Gasteiger partial charge in [0.25, 0.3) is 5.82 Å². The Morgan fingerprint density at radius 1 is 1.26 bits per heavy atom. The van der Waals surface area contributed by atoms with E-state index in [2.05, 4.69) is 10.1 Å². The fourth-order valence-electron chi connectivity index (χ4n) is 2.09. The zero-order valence-electron chi connectivity index (χ0n) is 13.6. The second kappa shape index (κ2) is 6.32. The number of rotatable bonds is 3. The topological polar surface area (TPSA) is 39.4 Å². The molecule has 128 valence electrons. The van der Waals surface area contributed by atoms with Gasteiger partial charge >= 0.3 is 6.18 Å². The van der Waals surface area contributed by atoms with Crippen molar-refractivity contribution in [1.29, 1.82) is 0 Å². The molecule has 0 N–H and O–H groups in total. The van der Waals surface area contributed by atoms with Crippen molar-refractivity contribution in [3.8, 4) is 0 Å². The maximum Gasteiger partial charge on any atom is 0.453 e. The number of alkyl halides is 3. The Morgan fingerprint density at radius 3 is 2.35 bits per heavy atom. The number of hydrogen-bond donors (Lipinski definition) is 0. The Kier molecular flexibility index (Phi) is 5.12. The highest BCUT2D eigenvalue weighted by atomic mass is 127. The van der Waals surface area contributed by atoms with Gasteiger partial charge in [-0.3, -0.25) is 0 Å². The van der Waals surface area contributed by atoms with Gasteiger partial charge in [-0.15, -0.1) is 5.10 Å². The van der Waals surface area contributed by atoms with Crippen molar-refractivity contribution in [1.82, 2.24) is 14.6 Å². The van der Waals surface area contributed by atoms with Crippen molar-refractivity contribution in [3.05, 3.63) is 26.7 Å². The Labute approximate surface area is 148 Å². The first-order valence-corrected chi connectivity index (χ1v) is 11.0. The average molecular weight is 457 g/mol. The molecule has 0 fully saturated rings. The third-order valence-corrected chi connectivity index (χ3v) is 5.23. The summed E-state index contributed by atoms with van der Waals surface area (Å²) >= 11 is 2.00. The summed E-state index contributed by atoms with van der Waals surface area (Å²) in [5.41, 5.74) is 1.46. The predicted molar refractivity (Wildman–Crippen MR) is 93.1 cm³/mol. The molecule has 0 spiro atoms. The lowest BCUT2D eigenvalue weighted by Gasteiger charge is -2.21. The van der Waals surface area contributed by atoms with E-state index in [1.54, 1.807) is 0 Å². The first-order valence-electron chi connectivity index (χ1n) is 7.18. The second-order valence-corrected chi connectivity index (χ2v) is 10.1. The van der Waals surface area contributed by atoms with Crippen LogP contribution >= 0.6 is 22.6 Å². The maximum atomic E-state index is 13.0. The van der Waals surface area contributed by atoms with Gasteiger partial charge < -0.3 is 4.43 Å². The van der Waals surface area contributed by atoms with E-state index in [1.165, 1.54) is 4.52 Å². The van der Waals surface area contributed by atoms with Crippen LogP contribution in [0.4, 0.5) is 13.2 Å². The van der Waals surface area contributed by atoms with E-state index in [-0.39, 0.29) is 11.1 Å². The third kappa shape index (κ3) is 4.05. The third-order valence-electron chi connectivity index (χ3n) is 3.25. The van der Waals surface area contributed by atoms with Crippen LogP contribution in [0, 0.1) is 3.70 Å². The highest BCUT2D eigenvalue weighted by molar-refractivity contribution is 14.1. The lowest BCUT2D eigenvalue weighted by Crippen LogP contribution is -2.17. The summed E-state index contributed by atoms with van der Waals surface area (Å²) in [5.74, 6) is -1.11.